The lowest BCUT2D eigenvalue weighted by molar-refractivity contribution is 1.20. The highest BCUT2D eigenvalue weighted by Gasteiger charge is 2.06. The fourth-order valence-corrected chi connectivity index (χ4v) is 2.36. The van der Waals surface area contributed by atoms with Gasteiger partial charge in [0.1, 0.15) is 7.85 Å². The van der Waals surface area contributed by atoms with Crippen LogP contribution >= 0.6 is 11.3 Å². The molecule has 1 heterocycles. The Labute approximate surface area is 89.2 Å². The van der Waals surface area contributed by atoms with E-state index < -0.39 is 0 Å². The zero-order chi connectivity index (χ0) is 10.1. The van der Waals surface area contributed by atoms with Crippen LogP contribution in [0.25, 0.3) is 10.4 Å². The highest BCUT2D eigenvalue weighted by molar-refractivity contribution is 7.15. The second-order valence-corrected chi connectivity index (χ2v) is 4.47. The first kappa shape index (κ1) is 9.47. The summed E-state index contributed by atoms with van der Waals surface area (Å²) in [5.41, 5.74) is 3.09. The number of rotatable bonds is 1. The molecule has 0 amide bonds. The summed E-state index contributed by atoms with van der Waals surface area (Å²) >= 11 is 1.72. The number of nitrogens with zero attached hydrogens (tertiary/aromatic N) is 1. The van der Waals surface area contributed by atoms with Crippen molar-refractivity contribution in [1.82, 2.24) is 4.98 Å². The molecule has 2 rings (SSSR count). The lowest BCUT2D eigenvalue weighted by atomic mass is 9.95. The van der Waals surface area contributed by atoms with E-state index in [0.29, 0.717) is 0 Å². The molecule has 1 nitrogen and oxygen atoms in total. The first-order valence-electron chi connectivity index (χ1n) is 4.47. The molecule has 0 bridgehead atoms. The first-order valence-corrected chi connectivity index (χ1v) is 5.28. The van der Waals surface area contributed by atoms with Gasteiger partial charge in [-0.15, -0.1) is 11.3 Å². The molecule has 0 aliphatic carbocycles. The van der Waals surface area contributed by atoms with Crippen LogP contribution in [0.15, 0.2) is 24.3 Å². The van der Waals surface area contributed by atoms with E-state index in [0.717, 1.165) is 16.2 Å². The molecule has 0 saturated carbocycles. The molecule has 2 radical (unpaired) electrons. The van der Waals surface area contributed by atoms with Gasteiger partial charge in [0.2, 0.25) is 0 Å². The second kappa shape index (κ2) is 3.58. The molecule has 14 heavy (non-hydrogen) atoms. The van der Waals surface area contributed by atoms with Gasteiger partial charge >= 0.3 is 0 Å². The lowest BCUT2D eigenvalue weighted by Crippen LogP contribution is -1.98. The van der Waals surface area contributed by atoms with Crippen LogP contribution in [0.5, 0.6) is 0 Å². The zero-order valence-corrected chi connectivity index (χ0v) is 9.06. The van der Waals surface area contributed by atoms with E-state index in [2.05, 4.69) is 4.98 Å². The van der Waals surface area contributed by atoms with Gasteiger partial charge in [-0.1, -0.05) is 29.7 Å². The van der Waals surface area contributed by atoms with Crippen LogP contribution in [0.2, 0.25) is 0 Å². The Morgan fingerprint density at radius 1 is 1.14 bits per heavy atom. The van der Waals surface area contributed by atoms with Crippen LogP contribution < -0.4 is 5.46 Å². The van der Waals surface area contributed by atoms with Crippen molar-refractivity contribution in [3.63, 3.8) is 0 Å². The van der Waals surface area contributed by atoms with Gasteiger partial charge < -0.3 is 0 Å². The average molecular weight is 199 g/mol. The fourth-order valence-electron chi connectivity index (χ4n) is 1.43. The number of aromatic nitrogens is 1. The maximum absolute atomic E-state index is 5.64. The van der Waals surface area contributed by atoms with E-state index in [1.807, 2.05) is 38.1 Å². The predicted molar refractivity (Wildman–Crippen MR) is 62.4 cm³/mol. The molecule has 0 aliphatic rings. The van der Waals surface area contributed by atoms with Crippen molar-refractivity contribution in [3.05, 3.63) is 35.0 Å². The van der Waals surface area contributed by atoms with Gasteiger partial charge in [-0.25, -0.2) is 4.98 Å². The van der Waals surface area contributed by atoms with Crippen molar-refractivity contribution < 1.29 is 0 Å². The molecule has 0 fully saturated rings. The van der Waals surface area contributed by atoms with Crippen molar-refractivity contribution >= 4 is 24.6 Å². The first-order chi connectivity index (χ1) is 6.66. The van der Waals surface area contributed by atoms with E-state index in [4.69, 9.17) is 7.85 Å². The Kier molecular flexibility index (Phi) is 2.42. The van der Waals surface area contributed by atoms with Crippen molar-refractivity contribution in [2.45, 2.75) is 13.8 Å². The summed E-state index contributed by atoms with van der Waals surface area (Å²) in [7, 11) is 5.64. The van der Waals surface area contributed by atoms with Crippen LogP contribution in [0, 0.1) is 13.8 Å². The average Bonchev–Trinajstić information content (AvgIpc) is 2.47. The molecule has 2 aromatic rings. The van der Waals surface area contributed by atoms with Crippen molar-refractivity contribution in [2.75, 3.05) is 0 Å². The summed E-state index contributed by atoms with van der Waals surface area (Å²) in [6.45, 7) is 4.06. The van der Waals surface area contributed by atoms with E-state index in [1.54, 1.807) is 11.3 Å². The van der Waals surface area contributed by atoms with Crippen LogP contribution in [0.4, 0.5) is 0 Å². The minimum absolute atomic E-state index is 0.799. The highest BCUT2D eigenvalue weighted by Crippen LogP contribution is 2.28. The number of thiazole rings is 1. The van der Waals surface area contributed by atoms with Gasteiger partial charge in [0.15, 0.2) is 0 Å². The molecular formula is C11H10BNS. The summed E-state index contributed by atoms with van der Waals surface area (Å²) in [6.07, 6.45) is 0. The van der Waals surface area contributed by atoms with Crippen molar-refractivity contribution in [3.8, 4) is 10.4 Å². The smallest absolute Gasteiger partial charge is 0.113 e. The minimum atomic E-state index is 0.799. The Morgan fingerprint density at radius 3 is 2.29 bits per heavy atom. The number of hydrogen-bond donors (Lipinski definition) is 0. The van der Waals surface area contributed by atoms with Crippen LogP contribution in [0.3, 0.4) is 0 Å². The molecule has 0 aliphatic heterocycles. The largest absolute Gasteiger partial charge is 0.246 e. The number of benzene rings is 1. The summed E-state index contributed by atoms with van der Waals surface area (Å²) in [5.74, 6) is 0. The quantitative estimate of drug-likeness (QED) is 0.641. The van der Waals surface area contributed by atoms with Gasteiger partial charge in [-0.05, 0) is 19.4 Å². The van der Waals surface area contributed by atoms with Crippen LogP contribution in [-0.4, -0.2) is 12.8 Å². The van der Waals surface area contributed by atoms with E-state index in [1.165, 1.54) is 10.4 Å². The topological polar surface area (TPSA) is 12.9 Å². The van der Waals surface area contributed by atoms with E-state index in [-0.39, 0.29) is 0 Å². The monoisotopic (exact) mass is 199 g/mol. The SMILES string of the molecule is [B]c1ccc(-c2sc(C)nc2C)cc1. The summed E-state index contributed by atoms with van der Waals surface area (Å²) in [5, 5.41) is 1.11. The maximum atomic E-state index is 5.64. The predicted octanol–water partition coefficient (Wildman–Crippen LogP) is 2.22. The Morgan fingerprint density at radius 2 is 1.79 bits per heavy atom. The molecule has 1 aromatic heterocycles. The molecule has 68 valence electrons. The lowest BCUT2D eigenvalue weighted by Gasteiger charge is -1.99. The Bertz CT molecular complexity index is 445. The minimum Gasteiger partial charge on any atom is -0.246 e. The molecular weight excluding hydrogens is 189 g/mol. The molecule has 0 spiro atoms. The van der Waals surface area contributed by atoms with Gasteiger partial charge in [-0.2, -0.15) is 0 Å². The van der Waals surface area contributed by atoms with Gasteiger partial charge in [0, 0.05) is 0 Å². The van der Waals surface area contributed by atoms with E-state index in [9.17, 15) is 0 Å². The van der Waals surface area contributed by atoms with E-state index >= 15 is 0 Å². The number of aryl methyl sites for hydroxylation is 2. The third kappa shape index (κ3) is 1.73. The van der Waals surface area contributed by atoms with Crippen molar-refractivity contribution in [2.24, 2.45) is 0 Å². The van der Waals surface area contributed by atoms with Gasteiger partial charge in [-0.3, -0.25) is 0 Å². The van der Waals surface area contributed by atoms with Crippen LogP contribution in [-0.2, 0) is 0 Å². The third-order valence-electron chi connectivity index (χ3n) is 2.08. The molecule has 3 heteroatoms. The third-order valence-corrected chi connectivity index (χ3v) is 3.20. The molecule has 1 aromatic carbocycles. The van der Waals surface area contributed by atoms with Gasteiger partial charge in [0.05, 0.1) is 15.6 Å². The Hall–Kier alpha value is -1.09. The molecule has 0 N–H and O–H groups in total. The normalized spacial score (nSPS) is 10.4. The summed E-state index contributed by atoms with van der Waals surface area (Å²) in [4.78, 5) is 5.64. The number of hydrogen-bond acceptors (Lipinski definition) is 2. The van der Waals surface area contributed by atoms with Crippen LogP contribution in [0.1, 0.15) is 10.7 Å². The maximum Gasteiger partial charge on any atom is 0.113 e. The zero-order valence-electron chi connectivity index (χ0n) is 8.24. The Balaban J connectivity index is 2.49. The van der Waals surface area contributed by atoms with Gasteiger partial charge in [0.25, 0.3) is 0 Å². The standard InChI is InChI=1S/C11H10BNS/c1-7-11(14-8(2)13-7)9-3-5-10(12)6-4-9/h3-6H,1-2H3. The van der Waals surface area contributed by atoms with Crippen molar-refractivity contribution in [1.29, 1.82) is 0 Å². The second-order valence-electron chi connectivity index (χ2n) is 3.27. The fraction of sp³-hybridized carbons (Fsp3) is 0.182. The summed E-state index contributed by atoms with van der Waals surface area (Å²) in [6, 6.07) is 7.91. The molecule has 0 atom stereocenters. The molecule has 0 unspecified atom stereocenters. The highest BCUT2D eigenvalue weighted by atomic mass is 32.1. The summed E-state index contributed by atoms with van der Waals surface area (Å²) < 4.78 is 0. The molecule has 0 saturated heterocycles.